The van der Waals surface area contributed by atoms with Crippen molar-refractivity contribution in [3.8, 4) is 0 Å². The molecule has 0 spiro atoms. The van der Waals surface area contributed by atoms with Gasteiger partial charge in [0.2, 0.25) is 10.0 Å². The molecule has 0 aliphatic heterocycles. The van der Waals surface area contributed by atoms with E-state index in [2.05, 4.69) is 4.72 Å². The Labute approximate surface area is 124 Å². The second-order valence-corrected chi connectivity index (χ2v) is 6.49. The summed E-state index contributed by atoms with van der Waals surface area (Å²) >= 11 is 0. The van der Waals surface area contributed by atoms with Crippen LogP contribution in [0.15, 0.2) is 23.1 Å². The Morgan fingerprint density at radius 1 is 1.40 bits per heavy atom. The zero-order chi connectivity index (χ0) is 14.8. The molecule has 0 aliphatic rings. The van der Waals surface area contributed by atoms with Crippen LogP contribution in [0.4, 0.5) is 5.69 Å². The maximum Gasteiger partial charge on any atom is 0.289 e. The van der Waals surface area contributed by atoms with Crippen LogP contribution in [0.5, 0.6) is 0 Å². The Morgan fingerprint density at radius 2 is 1.95 bits per heavy atom. The van der Waals surface area contributed by atoms with E-state index in [9.17, 15) is 18.5 Å². The van der Waals surface area contributed by atoms with Crippen LogP contribution in [0.25, 0.3) is 0 Å². The van der Waals surface area contributed by atoms with Gasteiger partial charge in [-0.3, -0.25) is 10.1 Å². The van der Waals surface area contributed by atoms with Crippen LogP contribution in [-0.2, 0) is 10.0 Å². The van der Waals surface area contributed by atoms with Gasteiger partial charge in [-0.25, -0.2) is 13.1 Å². The van der Waals surface area contributed by atoms with Crippen molar-refractivity contribution < 1.29 is 13.3 Å². The second kappa shape index (κ2) is 6.49. The average Bonchev–Trinajstić information content (AvgIpc) is 2.26. The summed E-state index contributed by atoms with van der Waals surface area (Å²) in [6, 6.07) is 4.12. The number of nitrogens with zero attached hydrogens (tertiary/aromatic N) is 1. The molecule has 114 valence electrons. The minimum atomic E-state index is -4.01. The van der Waals surface area contributed by atoms with Gasteiger partial charge in [-0.05, 0) is 26.3 Å². The third-order valence-corrected chi connectivity index (χ3v) is 4.47. The summed E-state index contributed by atoms with van der Waals surface area (Å²) < 4.78 is 26.9. The van der Waals surface area contributed by atoms with Crippen molar-refractivity contribution in [2.45, 2.75) is 31.2 Å². The van der Waals surface area contributed by atoms with Crippen LogP contribution in [0.2, 0.25) is 0 Å². The molecule has 1 aromatic rings. The summed E-state index contributed by atoms with van der Waals surface area (Å²) in [5, 5.41) is 10.9. The highest BCUT2D eigenvalue weighted by Gasteiger charge is 2.32. The fourth-order valence-corrected chi connectivity index (χ4v) is 3.41. The predicted molar refractivity (Wildman–Crippen MR) is 78.5 cm³/mol. The maximum atomic E-state index is 12.3. The molecule has 0 heterocycles. The lowest BCUT2D eigenvalue weighted by atomic mass is 10.1. The fourth-order valence-electron chi connectivity index (χ4n) is 1.59. The van der Waals surface area contributed by atoms with Crippen molar-refractivity contribution in [2.75, 3.05) is 6.54 Å². The van der Waals surface area contributed by atoms with Crippen LogP contribution in [0.1, 0.15) is 19.4 Å². The molecular formula is C11H18ClN3O4S. The van der Waals surface area contributed by atoms with Crippen molar-refractivity contribution in [1.29, 1.82) is 0 Å². The Kier molecular flexibility index (Phi) is 6.09. The first-order chi connectivity index (χ1) is 8.60. The smallest absolute Gasteiger partial charge is 0.289 e. The number of rotatable bonds is 5. The number of hydrogen-bond donors (Lipinski definition) is 2. The van der Waals surface area contributed by atoms with Crippen molar-refractivity contribution in [3.05, 3.63) is 33.9 Å². The van der Waals surface area contributed by atoms with E-state index in [1.165, 1.54) is 19.1 Å². The third kappa shape index (κ3) is 4.14. The van der Waals surface area contributed by atoms with E-state index >= 15 is 0 Å². The molecular weight excluding hydrogens is 306 g/mol. The monoisotopic (exact) mass is 323 g/mol. The molecule has 1 rings (SSSR count). The second-order valence-electron chi connectivity index (χ2n) is 4.87. The first-order valence-electron chi connectivity index (χ1n) is 5.59. The normalized spacial score (nSPS) is 11.8. The molecule has 9 heteroatoms. The summed E-state index contributed by atoms with van der Waals surface area (Å²) in [5.41, 5.74) is 4.46. The Hall–Kier alpha value is -1.22. The molecule has 0 saturated heterocycles. The number of hydrogen-bond acceptors (Lipinski definition) is 5. The molecule has 0 atom stereocenters. The van der Waals surface area contributed by atoms with Crippen molar-refractivity contribution in [3.63, 3.8) is 0 Å². The lowest BCUT2D eigenvalue weighted by Gasteiger charge is -2.24. The number of nitrogens with one attached hydrogen (secondary N) is 1. The largest absolute Gasteiger partial charge is 0.329 e. The van der Waals surface area contributed by atoms with Crippen LogP contribution in [0.3, 0.4) is 0 Å². The van der Waals surface area contributed by atoms with Gasteiger partial charge >= 0.3 is 0 Å². The number of aryl methyl sites for hydroxylation is 1. The molecule has 0 fully saturated rings. The van der Waals surface area contributed by atoms with Gasteiger partial charge < -0.3 is 5.73 Å². The van der Waals surface area contributed by atoms with Gasteiger partial charge in [0.05, 0.1) is 4.92 Å². The van der Waals surface area contributed by atoms with E-state index in [1.807, 2.05) is 0 Å². The van der Waals surface area contributed by atoms with Gasteiger partial charge in [-0.1, -0.05) is 12.1 Å². The van der Waals surface area contributed by atoms with E-state index in [0.717, 1.165) is 6.07 Å². The first kappa shape index (κ1) is 18.8. The molecule has 0 amide bonds. The Bertz CT molecular complexity index is 602. The molecule has 20 heavy (non-hydrogen) atoms. The number of benzene rings is 1. The molecule has 0 bridgehead atoms. The zero-order valence-electron chi connectivity index (χ0n) is 11.4. The van der Waals surface area contributed by atoms with Gasteiger partial charge in [0, 0.05) is 18.2 Å². The summed E-state index contributed by atoms with van der Waals surface area (Å²) in [4.78, 5) is 9.92. The van der Waals surface area contributed by atoms with E-state index in [-0.39, 0.29) is 23.8 Å². The molecule has 3 N–H and O–H groups in total. The van der Waals surface area contributed by atoms with E-state index in [4.69, 9.17) is 5.73 Å². The van der Waals surface area contributed by atoms with Crippen LogP contribution in [0, 0.1) is 17.0 Å². The number of nitrogens with two attached hydrogens (primary N) is 1. The van der Waals surface area contributed by atoms with E-state index in [1.54, 1.807) is 13.8 Å². The summed E-state index contributed by atoms with van der Waals surface area (Å²) in [5.74, 6) is 0. The maximum absolute atomic E-state index is 12.3. The average molecular weight is 324 g/mol. The van der Waals surface area contributed by atoms with Crippen molar-refractivity contribution in [2.24, 2.45) is 5.73 Å². The minimum absolute atomic E-state index is 0. The summed E-state index contributed by atoms with van der Waals surface area (Å²) in [6.45, 7) is 4.80. The molecule has 0 saturated carbocycles. The number of nitro benzene ring substituents is 1. The molecule has 0 aromatic heterocycles. The number of halogens is 1. The highest BCUT2D eigenvalue weighted by molar-refractivity contribution is 7.89. The van der Waals surface area contributed by atoms with E-state index < -0.39 is 26.2 Å². The van der Waals surface area contributed by atoms with Crippen molar-refractivity contribution >= 4 is 28.1 Å². The topological polar surface area (TPSA) is 115 Å². The first-order valence-corrected chi connectivity index (χ1v) is 7.07. The SMILES string of the molecule is Cc1cccc([N+](=O)[O-])c1S(=O)(=O)NC(C)(C)CN.Cl. The molecule has 7 nitrogen and oxygen atoms in total. The van der Waals surface area contributed by atoms with E-state index in [0.29, 0.717) is 5.56 Å². The van der Waals surface area contributed by atoms with Gasteiger partial charge in [0.25, 0.3) is 5.69 Å². The van der Waals surface area contributed by atoms with Gasteiger partial charge in [0.1, 0.15) is 0 Å². The summed E-state index contributed by atoms with van der Waals surface area (Å²) in [6.07, 6.45) is 0. The standard InChI is InChI=1S/C11H17N3O4S.ClH/c1-8-5-4-6-9(14(15)16)10(8)19(17,18)13-11(2,3)7-12;/h4-6,13H,7,12H2,1-3H3;1H. The number of sulfonamides is 1. The fraction of sp³-hybridized carbons (Fsp3) is 0.455. The van der Waals surface area contributed by atoms with Gasteiger partial charge in [0.15, 0.2) is 4.90 Å². The summed E-state index contributed by atoms with van der Waals surface area (Å²) in [7, 11) is -4.01. The highest BCUT2D eigenvalue weighted by Crippen LogP contribution is 2.27. The third-order valence-electron chi connectivity index (χ3n) is 2.58. The Morgan fingerprint density at radius 3 is 2.40 bits per heavy atom. The van der Waals surface area contributed by atoms with Crippen LogP contribution < -0.4 is 10.5 Å². The molecule has 1 aromatic carbocycles. The molecule has 0 aliphatic carbocycles. The minimum Gasteiger partial charge on any atom is -0.329 e. The van der Waals surface area contributed by atoms with Crippen LogP contribution in [-0.4, -0.2) is 25.4 Å². The van der Waals surface area contributed by atoms with Crippen LogP contribution >= 0.6 is 12.4 Å². The van der Waals surface area contributed by atoms with Crippen molar-refractivity contribution in [1.82, 2.24) is 4.72 Å². The molecule has 0 radical (unpaired) electrons. The van der Waals surface area contributed by atoms with Gasteiger partial charge in [-0.15, -0.1) is 12.4 Å². The highest BCUT2D eigenvalue weighted by atomic mass is 35.5. The quantitative estimate of drug-likeness (QED) is 0.626. The van der Waals surface area contributed by atoms with Gasteiger partial charge in [-0.2, -0.15) is 0 Å². The Balaban J connectivity index is 0.00000361. The predicted octanol–water partition coefficient (Wildman–Crippen LogP) is 1.34. The lowest BCUT2D eigenvalue weighted by molar-refractivity contribution is -0.387. The number of nitro groups is 1. The molecule has 0 unspecified atom stereocenters. The zero-order valence-corrected chi connectivity index (χ0v) is 13.0. The lowest BCUT2D eigenvalue weighted by Crippen LogP contribution is -2.48.